The number of carbonyl (C=O) groups is 1. The molecule has 0 aliphatic rings. The molecule has 100 valence electrons. The molecule has 0 aliphatic carbocycles. The zero-order valence-electron chi connectivity index (χ0n) is 9.64. The van der Waals surface area contributed by atoms with Crippen LogP contribution < -0.4 is 16.4 Å². The fourth-order valence-electron chi connectivity index (χ4n) is 1.62. The normalized spacial score (nSPS) is 10.7. The fraction of sp³-hybridized carbons (Fsp3) is 0.364. The number of halogens is 2. The Morgan fingerprint density at radius 3 is 2.61 bits per heavy atom. The van der Waals surface area contributed by atoms with Crippen molar-refractivity contribution in [3.05, 3.63) is 23.8 Å². The van der Waals surface area contributed by atoms with Gasteiger partial charge >= 0.3 is 0 Å². The van der Waals surface area contributed by atoms with Crippen molar-refractivity contribution in [2.75, 3.05) is 30.3 Å². The summed E-state index contributed by atoms with van der Waals surface area (Å²) in [5.74, 6) is -0.755. The van der Waals surface area contributed by atoms with Gasteiger partial charge in [-0.25, -0.2) is 8.78 Å². The van der Waals surface area contributed by atoms with Gasteiger partial charge in [0.25, 0.3) is 12.3 Å². The highest BCUT2D eigenvalue weighted by Crippen LogP contribution is 2.23. The summed E-state index contributed by atoms with van der Waals surface area (Å²) < 4.78 is 24.9. The van der Waals surface area contributed by atoms with E-state index in [-0.39, 0.29) is 24.4 Å². The van der Waals surface area contributed by atoms with Crippen LogP contribution >= 0.6 is 0 Å². The second-order valence-corrected chi connectivity index (χ2v) is 3.70. The van der Waals surface area contributed by atoms with E-state index in [1.54, 1.807) is 0 Å². The van der Waals surface area contributed by atoms with Crippen LogP contribution in [0.5, 0.6) is 0 Å². The Morgan fingerprint density at radius 2 is 2.11 bits per heavy atom. The van der Waals surface area contributed by atoms with Gasteiger partial charge in [0.15, 0.2) is 0 Å². The van der Waals surface area contributed by atoms with E-state index in [4.69, 9.17) is 16.6 Å². The zero-order chi connectivity index (χ0) is 13.7. The molecule has 0 fully saturated rings. The minimum atomic E-state index is -2.59. The Hall–Kier alpha value is -1.89. The molecular weight excluding hydrogens is 244 g/mol. The molecule has 0 spiro atoms. The molecule has 0 saturated carbocycles. The van der Waals surface area contributed by atoms with Gasteiger partial charge in [-0.15, -0.1) is 0 Å². The van der Waals surface area contributed by atoms with Crippen LogP contribution in [-0.4, -0.2) is 37.1 Å². The molecule has 0 radical (unpaired) electrons. The van der Waals surface area contributed by atoms with Gasteiger partial charge in [0.1, 0.15) is 0 Å². The van der Waals surface area contributed by atoms with Crippen molar-refractivity contribution in [2.45, 2.75) is 6.43 Å². The van der Waals surface area contributed by atoms with E-state index in [1.807, 2.05) is 0 Å². The third-order valence-corrected chi connectivity index (χ3v) is 2.36. The first-order chi connectivity index (χ1) is 8.45. The third kappa shape index (κ3) is 3.56. The van der Waals surface area contributed by atoms with Crippen molar-refractivity contribution >= 4 is 17.3 Å². The SMILES string of the molecule is NC(=O)c1cc(N)ccc1N(CCO)CC(F)F. The summed E-state index contributed by atoms with van der Waals surface area (Å²) in [5, 5.41) is 8.87. The summed E-state index contributed by atoms with van der Waals surface area (Å²) in [6.07, 6.45) is -2.59. The molecule has 7 heteroatoms. The van der Waals surface area contributed by atoms with Gasteiger partial charge in [-0.05, 0) is 18.2 Å². The predicted molar refractivity (Wildman–Crippen MR) is 64.7 cm³/mol. The summed E-state index contributed by atoms with van der Waals surface area (Å²) in [4.78, 5) is 12.5. The lowest BCUT2D eigenvalue weighted by Crippen LogP contribution is -2.33. The van der Waals surface area contributed by atoms with Gasteiger partial charge in [0.05, 0.1) is 18.7 Å². The largest absolute Gasteiger partial charge is 0.399 e. The number of alkyl halides is 2. The topological polar surface area (TPSA) is 92.6 Å². The van der Waals surface area contributed by atoms with Crippen molar-refractivity contribution in [3.8, 4) is 0 Å². The van der Waals surface area contributed by atoms with Crippen LogP contribution in [0.2, 0.25) is 0 Å². The maximum Gasteiger partial charge on any atom is 0.255 e. The molecule has 5 N–H and O–H groups in total. The highest BCUT2D eigenvalue weighted by molar-refractivity contribution is 5.99. The standard InChI is InChI=1S/C11H15F2N3O2/c12-10(13)6-16(3-4-17)9-2-1-7(14)5-8(9)11(15)18/h1-2,5,10,17H,3-4,6,14H2,(H2,15,18). The van der Waals surface area contributed by atoms with E-state index in [2.05, 4.69) is 0 Å². The van der Waals surface area contributed by atoms with Crippen LogP contribution in [0, 0.1) is 0 Å². The minimum absolute atomic E-state index is 0.0193. The average molecular weight is 259 g/mol. The van der Waals surface area contributed by atoms with Crippen molar-refractivity contribution in [1.82, 2.24) is 0 Å². The lowest BCUT2D eigenvalue weighted by molar-refractivity contribution is 0.0999. The molecule has 5 nitrogen and oxygen atoms in total. The first kappa shape index (κ1) is 14.2. The van der Waals surface area contributed by atoms with Crippen LogP contribution in [0.15, 0.2) is 18.2 Å². The monoisotopic (exact) mass is 259 g/mol. The lowest BCUT2D eigenvalue weighted by atomic mass is 10.1. The molecule has 0 unspecified atom stereocenters. The van der Waals surface area contributed by atoms with Crippen LogP contribution in [0.25, 0.3) is 0 Å². The Balaban J connectivity index is 3.13. The molecule has 1 rings (SSSR count). The van der Waals surface area contributed by atoms with Crippen LogP contribution in [0.1, 0.15) is 10.4 Å². The number of nitrogen functional groups attached to an aromatic ring is 1. The van der Waals surface area contributed by atoms with E-state index in [0.717, 1.165) is 0 Å². The number of anilines is 2. The van der Waals surface area contributed by atoms with Crippen molar-refractivity contribution in [2.24, 2.45) is 5.73 Å². The van der Waals surface area contributed by atoms with Gasteiger partial charge < -0.3 is 21.5 Å². The van der Waals surface area contributed by atoms with Gasteiger partial charge in [-0.1, -0.05) is 0 Å². The van der Waals surface area contributed by atoms with Gasteiger partial charge in [0.2, 0.25) is 0 Å². The number of hydrogen-bond acceptors (Lipinski definition) is 4. The second-order valence-electron chi connectivity index (χ2n) is 3.70. The summed E-state index contributed by atoms with van der Waals surface area (Å²) >= 11 is 0. The smallest absolute Gasteiger partial charge is 0.255 e. The number of primary amides is 1. The number of nitrogens with zero attached hydrogens (tertiary/aromatic N) is 1. The molecule has 0 aliphatic heterocycles. The van der Waals surface area contributed by atoms with Crippen LogP contribution in [-0.2, 0) is 0 Å². The maximum absolute atomic E-state index is 12.4. The molecule has 1 amide bonds. The first-order valence-electron chi connectivity index (χ1n) is 5.29. The molecular formula is C11H15F2N3O2. The molecule has 18 heavy (non-hydrogen) atoms. The number of nitrogens with two attached hydrogens (primary N) is 2. The Morgan fingerprint density at radius 1 is 1.44 bits per heavy atom. The minimum Gasteiger partial charge on any atom is -0.399 e. The van der Waals surface area contributed by atoms with Gasteiger partial charge in [-0.2, -0.15) is 0 Å². The number of aliphatic hydroxyl groups excluding tert-OH is 1. The van der Waals surface area contributed by atoms with Gasteiger partial charge in [0, 0.05) is 17.9 Å². The predicted octanol–water partition coefficient (Wildman–Crippen LogP) is 0.431. The molecule has 0 saturated heterocycles. The van der Waals surface area contributed by atoms with E-state index >= 15 is 0 Å². The highest BCUT2D eigenvalue weighted by atomic mass is 19.3. The van der Waals surface area contributed by atoms with Crippen molar-refractivity contribution in [3.63, 3.8) is 0 Å². The second kappa shape index (κ2) is 6.15. The Labute approximate surface area is 103 Å². The summed E-state index contributed by atoms with van der Waals surface area (Å²) in [7, 11) is 0. The maximum atomic E-state index is 12.4. The number of amides is 1. The molecule has 0 atom stereocenters. The van der Waals surface area contributed by atoms with E-state index in [1.165, 1.54) is 23.1 Å². The number of carbonyl (C=O) groups excluding carboxylic acids is 1. The fourth-order valence-corrected chi connectivity index (χ4v) is 1.62. The molecule has 0 bridgehead atoms. The molecule has 0 aromatic heterocycles. The van der Waals surface area contributed by atoms with E-state index in [9.17, 15) is 13.6 Å². The average Bonchev–Trinajstić information content (AvgIpc) is 2.27. The molecule has 0 heterocycles. The highest BCUT2D eigenvalue weighted by Gasteiger charge is 2.18. The first-order valence-corrected chi connectivity index (χ1v) is 5.29. The van der Waals surface area contributed by atoms with Crippen molar-refractivity contribution in [1.29, 1.82) is 0 Å². The Kier molecular flexibility index (Phi) is 4.85. The van der Waals surface area contributed by atoms with Crippen LogP contribution in [0.3, 0.4) is 0 Å². The van der Waals surface area contributed by atoms with Gasteiger partial charge in [-0.3, -0.25) is 4.79 Å². The summed E-state index contributed by atoms with van der Waals surface area (Å²) in [6.45, 7) is -0.922. The third-order valence-electron chi connectivity index (χ3n) is 2.36. The van der Waals surface area contributed by atoms with Crippen molar-refractivity contribution < 1.29 is 18.7 Å². The zero-order valence-corrected chi connectivity index (χ0v) is 9.64. The molecule has 1 aromatic rings. The van der Waals surface area contributed by atoms with E-state index < -0.39 is 18.9 Å². The number of benzene rings is 1. The summed E-state index contributed by atoms with van der Waals surface area (Å²) in [6, 6.07) is 4.25. The van der Waals surface area contributed by atoms with Crippen LogP contribution in [0.4, 0.5) is 20.2 Å². The summed E-state index contributed by atoms with van der Waals surface area (Å²) in [5.41, 5.74) is 11.3. The van der Waals surface area contributed by atoms with E-state index in [0.29, 0.717) is 5.69 Å². The number of rotatable bonds is 6. The quantitative estimate of drug-likeness (QED) is 0.646. The molecule has 1 aromatic carbocycles. The number of aliphatic hydroxyl groups is 1. The number of hydrogen-bond donors (Lipinski definition) is 3. The Bertz CT molecular complexity index is 427. The lowest BCUT2D eigenvalue weighted by Gasteiger charge is -2.25.